The Labute approximate surface area is 108 Å². The Balaban J connectivity index is 2.24. The maximum atomic E-state index is 12.4. The lowest BCUT2D eigenvalue weighted by atomic mass is 10.2. The molecule has 2 rings (SSSR count). The van der Waals surface area contributed by atoms with Crippen molar-refractivity contribution in [3.05, 3.63) is 29.8 Å². The number of hydrogen-bond acceptors (Lipinski definition) is 3. The van der Waals surface area contributed by atoms with E-state index in [1.165, 1.54) is 4.31 Å². The first-order valence-corrected chi connectivity index (χ1v) is 7.67. The minimum Gasteiger partial charge on any atom is -0.395 e. The van der Waals surface area contributed by atoms with Gasteiger partial charge in [-0.05, 0) is 25.5 Å². The normalized spacial score (nSPS) is 27.2. The molecule has 1 heterocycles. The molecule has 0 aromatic heterocycles. The summed E-state index contributed by atoms with van der Waals surface area (Å²) < 4.78 is 26.2. The third kappa shape index (κ3) is 2.30. The molecule has 100 valence electrons. The van der Waals surface area contributed by atoms with E-state index in [2.05, 4.69) is 0 Å². The summed E-state index contributed by atoms with van der Waals surface area (Å²) in [4.78, 5) is 0.310. The van der Waals surface area contributed by atoms with E-state index in [4.69, 9.17) is 0 Å². The Kier molecular flexibility index (Phi) is 3.75. The summed E-state index contributed by atoms with van der Waals surface area (Å²) in [5, 5.41) is 9.22. The van der Waals surface area contributed by atoms with Crippen molar-refractivity contribution in [2.24, 2.45) is 0 Å². The Bertz CT molecular complexity index is 510. The van der Waals surface area contributed by atoms with Crippen molar-refractivity contribution in [1.82, 2.24) is 4.31 Å². The maximum Gasteiger partial charge on any atom is 0.243 e. The van der Waals surface area contributed by atoms with Crippen molar-refractivity contribution in [1.29, 1.82) is 0 Å². The SMILES string of the molecule is CCC[C@H]1[C@@H](CO)N1S(=O)(=O)c1ccc(C)cc1. The fourth-order valence-corrected chi connectivity index (χ4v) is 4.15. The Morgan fingerprint density at radius 1 is 1.22 bits per heavy atom. The third-order valence-electron chi connectivity index (χ3n) is 3.38. The molecule has 0 radical (unpaired) electrons. The molecule has 0 bridgehead atoms. The van der Waals surface area contributed by atoms with Crippen molar-refractivity contribution in [2.75, 3.05) is 6.61 Å². The number of hydrogen-bond donors (Lipinski definition) is 1. The van der Waals surface area contributed by atoms with Crippen LogP contribution in [0.4, 0.5) is 0 Å². The van der Waals surface area contributed by atoms with Gasteiger partial charge < -0.3 is 5.11 Å². The van der Waals surface area contributed by atoms with E-state index in [1.54, 1.807) is 24.3 Å². The third-order valence-corrected chi connectivity index (χ3v) is 5.34. The first-order chi connectivity index (χ1) is 8.52. The van der Waals surface area contributed by atoms with Gasteiger partial charge in [-0.25, -0.2) is 8.42 Å². The lowest BCUT2D eigenvalue weighted by Crippen LogP contribution is -2.17. The highest BCUT2D eigenvalue weighted by Crippen LogP contribution is 2.38. The number of nitrogens with zero attached hydrogens (tertiary/aromatic N) is 1. The lowest BCUT2D eigenvalue weighted by Gasteiger charge is -2.06. The van der Waals surface area contributed by atoms with E-state index in [1.807, 2.05) is 13.8 Å². The van der Waals surface area contributed by atoms with Crippen molar-refractivity contribution < 1.29 is 13.5 Å². The van der Waals surface area contributed by atoms with Crippen LogP contribution in [0.1, 0.15) is 25.3 Å². The average Bonchev–Trinajstić information content (AvgIpc) is 3.04. The van der Waals surface area contributed by atoms with Gasteiger partial charge in [-0.2, -0.15) is 4.31 Å². The Morgan fingerprint density at radius 2 is 1.83 bits per heavy atom. The molecule has 0 amide bonds. The minimum absolute atomic E-state index is 0.0358. The molecule has 5 heteroatoms. The zero-order chi connectivity index (χ0) is 13.3. The smallest absolute Gasteiger partial charge is 0.243 e. The minimum atomic E-state index is -3.44. The summed E-state index contributed by atoms with van der Waals surface area (Å²) in [5.41, 5.74) is 1.03. The Morgan fingerprint density at radius 3 is 2.33 bits per heavy atom. The number of aliphatic hydroxyl groups is 1. The van der Waals surface area contributed by atoms with Crippen molar-refractivity contribution in [2.45, 2.75) is 43.7 Å². The second-order valence-electron chi connectivity index (χ2n) is 4.75. The Hall–Kier alpha value is -0.910. The largest absolute Gasteiger partial charge is 0.395 e. The fraction of sp³-hybridized carbons (Fsp3) is 0.538. The van der Waals surface area contributed by atoms with Crippen LogP contribution in [0.3, 0.4) is 0 Å². The molecule has 1 aromatic carbocycles. The molecule has 1 N–H and O–H groups in total. The summed E-state index contributed by atoms with van der Waals surface area (Å²) in [7, 11) is -3.44. The molecule has 1 aliphatic heterocycles. The summed E-state index contributed by atoms with van der Waals surface area (Å²) in [5.74, 6) is 0. The maximum absolute atomic E-state index is 12.4. The van der Waals surface area contributed by atoms with Gasteiger partial charge in [0.05, 0.1) is 17.5 Å². The molecule has 4 nitrogen and oxygen atoms in total. The fourth-order valence-electron chi connectivity index (χ4n) is 2.32. The molecule has 1 saturated heterocycles. The predicted octanol–water partition coefficient (Wildman–Crippen LogP) is 1.53. The van der Waals surface area contributed by atoms with Crippen molar-refractivity contribution in [3.63, 3.8) is 0 Å². The highest BCUT2D eigenvalue weighted by Gasteiger charge is 2.54. The van der Waals surface area contributed by atoms with E-state index in [-0.39, 0.29) is 18.7 Å². The predicted molar refractivity (Wildman–Crippen MR) is 69.8 cm³/mol. The van der Waals surface area contributed by atoms with E-state index in [0.717, 1.165) is 18.4 Å². The van der Waals surface area contributed by atoms with E-state index in [9.17, 15) is 13.5 Å². The molecular weight excluding hydrogens is 250 g/mol. The van der Waals surface area contributed by atoms with Crippen LogP contribution in [0.15, 0.2) is 29.2 Å². The van der Waals surface area contributed by atoms with Gasteiger partial charge >= 0.3 is 0 Å². The molecule has 0 spiro atoms. The van der Waals surface area contributed by atoms with Gasteiger partial charge in [0.2, 0.25) is 10.0 Å². The summed E-state index contributed by atoms with van der Waals surface area (Å²) >= 11 is 0. The number of rotatable bonds is 5. The number of sulfonamides is 1. The van der Waals surface area contributed by atoms with Crippen LogP contribution < -0.4 is 0 Å². The topological polar surface area (TPSA) is 57.4 Å². The van der Waals surface area contributed by atoms with E-state index >= 15 is 0 Å². The highest BCUT2D eigenvalue weighted by atomic mass is 32.2. The van der Waals surface area contributed by atoms with Gasteiger partial charge in [-0.1, -0.05) is 31.0 Å². The van der Waals surface area contributed by atoms with Gasteiger partial charge in [0.1, 0.15) is 0 Å². The summed E-state index contributed by atoms with van der Waals surface area (Å²) in [6.07, 6.45) is 1.72. The first kappa shape index (κ1) is 13.5. The van der Waals surface area contributed by atoms with Crippen LogP contribution in [0, 0.1) is 6.92 Å². The van der Waals surface area contributed by atoms with Crippen LogP contribution in [0.2, 0.25) is 0 Å². The highest BCUT2D eigenvalue weighted by molar-refractivity contribution is 7.89. The van der Waals surface area contributed by atoms with Crippen LogP contribution in [-0.2, 0) is 10.0 Å². The lowest BCUT2D eigenvalue weighted by molar-refractivity contribution is 0.286. The van der Waals surface area contributed by atoms with Crippen LogP contribution in [-0.4, -0.2) is 36.5 Å². The van der Waals surface area contributed by atoms with Gasteiger partial charge in [-0.15, -0.1) is 0 Å². The van der Waals surface area contributed by atoms with Gasteiger partial charge in [0, 0.05) is 6.04 Å². The second kappa shape index (κ2) is 4.99. The molecule has 18 heavy (non-hydrogen) atoms. The quantitative estimate of drug-likeness (QED) is 0.825. The number of aliphatic hydroxyl groups excluding tert-OH is 1. The van der Waals surface area contributed by atoms with Gasteiger partial charge in [0.25, 0.3) is 0 Å². The molecule has 1 aliphatic rings. The van der Waals surface area contributed by atoms with Crippen molar-refractivity contribution in [3.8, 4) is 0 Å². The molecule has 0 saturated carbocycles. The molecule has 1 fully saturated rings. The van der Waals surface area contributed by atoms with Crippen LogP contribution >= 0.6 is 0 Å². The number of aryl methyl sites for hydroxylation is 1. The molecule has 1 unspecified atom stereocenters. The molecule has 1 aromatic rings. The average molecular weight is 269 g/mol. The molecule has 3 atom stereocenters. The monoisotopic (exact) mass is 269 g/mol. The van der Waals surface area contributed by atoms with Crippen LogP contribution in [0.5, 0.6) is 0 Å². The van der Waals surface area contributed by atoms with Crippen LogP contribution in [0.25, 0.3) is 0 Å². The molecular formula is C13H19NO3S. The van der Waals surface area contributed by atoms with E-state index in [0.29, 0.717) is 4.90 Å². The summed E-state index contributed by atoms with van der Waals surface area (Å²) in [6, 6.07) is 6.56. The second-order valence-corrected chi connectivity index (χ2v) is 6.60. The first-order valence-electron chi connectivity index (χ1n) is 6.23. The zero-order valence-electron chi connectivity index (χ0n) is 10.7. The number of benzene rings is 1. The van der Waals surface area contributed by atoms with E-state index < -0.39 is 10.0 Å². The van der Waals surface area contributed by atoms with Gasteiger partial charge in [0.15, 0.2) is 0 Å². The van der Waals surface area contributed by atoms with Crippen molar-refractivity contribution >= 4 is 10.0 Å². The standard InChI is InChI=1S/C13H19NO3S/c1-3-4-12-13(9-15)14(12)18(16,17)11-7-5-10(2)6-8-11/h5-8,12-13,15H,3-4,9H2,1-2H3/t12-,13+,14?/m0/s1. The zero-order valence-corrected chi connectivity index (χ0v) is 11.5. The summed E-state index contributed by atoms with van der Waals surface area (Å²) in [6.45, 7) is 3.84. The van der Waals surface area contributed by atoms with Gasteiger partial charge in [-0.3, -0.25) is 0 Å². The molecule has 0 aliphatic carbocycles.